The summed E-state index contributed by atoms with van der Waals surface area (Å²) in [5.74, 6) is -1.00. The van der Waals surface area contributed by atoms with Gasteiger partial charge in [-0.2, -0.15) is 13.2 Å². The fourth-order valence-electron chi connectivity index (χ4n) is 5.12. The van der Waals surface area contributed by atoms with Crippen LogP contribution in [0.25, 0.3) is 0 Å². The highest BCUT2D eigenvalue weighted by molar-refractivity contribution is 5.96. The number of ether oxygens (including phenoxy) is 13. The maximum Gasteiger partial charge on any atom is 0.416 e. The Kier molecular flexibility index (Phi) is 30.4. The third kappa shape index (κ3) is 27.2. The number of anilines is 2. The maximum atomic E-state index is 13.1. The first kappa shape index (κ1) is 54.1. The van der Waals surface area contributed by atoms with Crippen molar-refractivity contribution >= 4 is 23.3 Å². The summed E-state index contributed by atoms with van der Waals surface area (Å²) in [6, 6.07) is 19.9. The average Bonchev–Trinajstić information content (AvgIpc) is 3.30. The predicted octanol–water partition coefficient (Wildman–Crippen LogP) is 5.65. The summed E-state index contributed by atoms with van der Waals surface area (Å²) in [7, 11) is 0. The van der Waals surface area contributed by atoms with Crippen LogP contribution in [0.1, 0.15) is 26.3 Å². The Morgan fingerprint density at radius 1 is 0.391 bits per heavy atom. The number of benzene rings is 3. The quantitative estimate of drug-likeness (QED) is 0.0550. The number of carbonyl (C=O) groups is 2. The molecule has 0 unspecified atom stereocenters. The molecule has 0 amide bonds. The molecule has 0 saturated heterocycles. The second-order valence-electron chi connectivity index (χ2n) is 13.1. The minimum Gasteiger partial charge on any atom is -0.460 e. The lowest BCUT2D eigenvalue weighted by Crippen LogP contribution is -2.16. The standard InChI is InChI=1S/C45H62F3NO15/c46-45(47,48)39-9-6-10-40(37-39)49-42-12-5-4-11-41(42)44(51)64-36-34-62-32-30-60-28-26-58-24-22-56-20-18-54-16-14-52-13-15-53-17-19-55-21-23-57-25-27-59-29-31-61-33-35-63-43(50)38-7-2-1-3-8-38/h1-12,37,49H,13-36H2. The zero-order chi connectivity index (χ0) is 45.6. The Balaban J connectivity index is 0.955. The molecule has 0 aliphatic carbocycles. The largest absolute Gasteiger partial charge is 0.460 e. The van der Waals surface area contributed by atoms with Crippen molar-refractivity contribution < 1.29 is 84.3 Å². The van der Waals surface area contributed by atoms with Crippen molar-refractivity contribution in [2.75, 3.05) is 164 Å². The Morgan fingerprint density at radius 2 is 0.734 bits per heavy atom. The van der Waals surface area contributed by atoms with E-state index in [-0.39, 0.29) is 37.0 Å². The van der Waals surface area contributed by atoms with Gasteiger partial charge in [-0.05, 0) is 42.5 Å². The molecule has 0 fully saturated rings. The Labute approximate surface area is 372 Å². The van der Waals surface area contributed by atoms with E-state index < -0.39 is 17.7 Å². The molecule has 0 saturated carbocycles. The number of esters is 2. The van der Waals surface area contributed by atoms with Crippen molar-refractivity contribution in [3.8, 4) is 0 Å². The Hall–Kier alpha value is -4.25. The molecule has 3 aromatic rings. The molecule has 64 heavy (non-hydrogen) atoms. The number of para-hydroxylation sites is 1. The first-order valence-electron chi connectivity index (χ1n) is 21.1. The van der Waals surface area contributed by atoms with Crippen LogP contribution in [0, 0.1) is 0 Å². The van der Waals surface area contributed by atoms with Crippen LogP contribution in [0.2, 0.25) is 0 Å². The predicted molar refractivity (Wildman–Crippen MR) is 227 cm³/mol. The lowest BCUT2D eigenvalue weighted by atomic mass is 10.1. The van der Waals surface area contributed by atoms with Gasteiger partial charge in [-0.25, -0.2) is 9.59 Å². The van der Waals surface area contributed by atoms with E-state index in [0.717, 1.165) is 12.1 Å². The normalized spacial score (nSPS) is 11.5. The summed E-state index contributed by atoms with van der Waals surface area (Å²) in [6.45, 7) is 9.10. The van der Waals surface area contributed by atoms with E-state index in [1.807, 2.05) is 6.07 Å². The van der Waals surface area contributed by atoms with Gasteiger partial charge in [0.2, 0.25) is 0 Å². The zero-order valence-corrected chi connectivity index (χ0v) is 36.2. The first-order valence-corrected chi connectivity index (χ1v) is 21.1. The SMILES string of the molecule is O=C(OCCOCCOCCOCCOCCOCCOCCOCCOCCOCCOCCOCCOC(=O)c1ccccc1Nc1cccc(C(F)(F)F)c1)c1ccccc1. The summed E-state index contributed by atoms with van der Waals surface area (Å²) in [6.07, 6.45) is -4.48. The van der Waals surface area contributed by atoms with Crippen LogP contribution in [0.3, 0.4) is 0 Å². The number of nitrogens with one attached hydrogen (secondary N) is 1. The van der Waals surface area contributed by atoms with E-state index >= 15 is 0 Å². The van der Waals surface area contributed by atoms with Crippen LogP contribution in [0.15, 0.2) is 78.9 Å². The van der Waals surface area contributed by atoms with Gasteiger partial charge in [-0.3, -0.25) is 0 Å². The molecule has 16 nitrogen and oxygen atoms in total. The lowest BCUT2D eigenvalue weighted by molar-refractivity contribution is -0.137. The smallest absolute Gasteiger partial charge is 0.416 e. The number of alkyl halides is 3. The van der Waals surface area contributed by atoms with Crippen molar-refractivity contribution in [1.82, 2.24) is 0 Å². The molecule has 19 heteroatoms. The molecular weight excluding hydrogens is 851 g/mol. The molecule has 0 atom stereocenters. The van der Waals surface area contributed by atoms with Crippen molar-refractivity contribution in [3.05, 3.63) is 95.6 Å². The van der Waals surface area contributed by atoms with Crippen LogP contribution in [0.4, 0.5) is 24.5 Å². The Bertz CT molecular complexity index is 1620. The van der Waals surface area contributed by atoms with Gasteiger partial charge in [0.15, 0.2) is 0 Å². The number of halogens is 3. The van der Waals surface area contributed by atoms with Gasteiger partial charge in [-0.15, -0.1) is 0 Å². The van der Waals surface area contributed by atoms with Gasteiger partial charge in [0.25, 0.3) is 0 Å². The fraction of sp³-hybridized carbons (Fsp3) is 0.556. The van der Waals surface area contributed by atoms with Crippen LogP contribution in [-0.2, 0) is 67.8 Å². The first-order chi connectivity index (χ1) is 31.3. The highest BCUT2D eigenvalue weighted by atomic mass is 19.4. The van der Waals surface area contributed by atoms with Gasteiger partial charge in [0, 0.05) is 5.69 Å². The third-order valence-corrected chi connectivity index (χ3v) is 8.27. The Morgan fingerprint density at radius 3 is 1.12 bits per heavy atom. The summed E-state index contributed by atoms with van der Waals surface area (Å²) >= 11 is 0. The van der Waals surface area contributed by atoms with Gasteiger partial charge in [0.05, 0.1) is 168 Å². The second kappa shape index (κ2) is 36.0. The summed E-state index contributed by atoms with van der Waals surface area (Å²) in [5, 5.41) is 2.86. The molecule has 0 radical (unpaired) electrons. The van der Waals surface area contributed by atoms with Crippen molar-refractivity contribution in [2.45, 2.75) is 6.18 Å². The monoisotopic (exact) mass is 913 g/mol. The molecule has 3 rings (SSSR count). The second-order valence-corrected chi connectivity index (χ2v) is 13.1. The van der Waals surface area contributed by atoms with Gasteiger partial charge >= 0.3 is 18.1 Å². The summed E-state index contributed by atoms with van der Waals surface area (Å²) in [5.41, 5.74) is 0.401. The van der Waals surface area contributed by atoms with E-state index in [1.165, 1.54) is 18.2 Å². The van der Waals surface area contributed by atoms with E-state index in [4.69, 9.17) is 61.6 Å². The lowest BCUT2D eigenvalue weighted by Gasteiger charge is -2.13. The van der Waals surface area contributed by atoms with Crippen molar-refractivity contribution in [3.63, 3.8) is 0 Å². The van der Waals surface area contributed by atoms with Gasteiger partial charge < -0.3 is 66.9 Å². The summed E-state index contributed by atoms with van der Waals surface area (Å²) < 4.78 is 110. The van der Waals surface area contributed by atoms with Crippen molar-refractivity contribution in [1.29, 1.82) is 0 Å². The number of carbonyl (C=O) groups excluding carboxylic acids is 2. The number of hydrogen-bond acceptors (Lipinski definition) is 16. The summed E-state index contributed by atoms with van der Waals surface area (Å²) in [4.78, 5) is 24.4. The van der Waals surface area contributed by atoms with Crippen LogP contribution in [-0.4, -0.2) is 171 Å². The molecule has 1 N–H and O–H groups in total. The number of hydrogen-bond donors (Lipinski definition) is 1. The topological polar surface area (TPSA) is 166 Å². The van der Waals surface area contributed by atoms with E-state index in [1.54, 1.807) is 42.5 Å². The third-order valence-electron chi connectivity index (χ3n) is 8.27. The number of rotatable bonds is 40. The average molecular weight is 914 g/mol. The van der Waals surface area contributed by atoms with E-state index in [2.05, 4.69) is 5.32 Å². The minimum absolute atomic E-state index is 0.00942. The maximum absolute atomic E-state index is 13.1. The molecule has 0 heterocycles. The molecule has 3 aromatic carbocycles. The molecule has 0 aliphatic rings. The van der Waals surface area contributed by atoms with Crippen LogP contribution in [0.5, 0.6) is 0 Å². The van der Waals surface area contributed by atoms with E-state index in [0.29, 0.717) is 150 Å². The van der Waals surface area contributed by atoms with Gasteiger partial charge in [-0.1, -0.05) is 36.4 Å². The van der Waals surface area contributed by atoms with Crippen LogP contribution < -0.4 is 5.32 Å². The zero-order valence-electron chi connectivity index (χ0n) is 36.2. The van der Waals surface area contributed by atoms with Crippen molar-refractivity contribution in [2.24, 2.45) is 0 Å². The van der Waals surface area contributed by atoms with E-state index in [9.17, 15) is 22.8 Å². The highest BCUT2D eigenvalue weighted by Crippen LogP contribution is 2.32. The molecular formula is C45H62F3NO15. The molecule has 0 aromatic heterocycles. The van der Waals surface area contributed by atoms with Crippen LogP contribution >= 0.6 is 0 Å². The molecule has 0 bridgehead atoms. The fourth-order valence-corrected chi connectivity index (χ4v) is 5.12. The highest BCUT2D eigenvalue weighted by Gasteiger charge is 2.30. The molecule has 358 valence electrons. The van der Waals surface area contributed by atoms with Gasteiger partial charge in [0.1, 0.15) is 13.2 Å². The minimum atomic E-state index is -4.48. The molecule has 0 aliphatic heterocycles. The molecule has 0 spiro atoms.